The fourth-order valence-corrected chi connectivity index (χ4v) is 1.68. The molecule has 0 spiro atoms. The molecule has 0 aliphatic rings. The van der Waals surface area contributed by atoms with E-state index in [1.165, 1.54) is 0 Å². The molecule has 0 aromatic heterocycles. The Hall–Kier alpha value is -0.0800. The first-order valence-corrected chi connectivity index (χ1v) is 4.29. The predicted molar refractivity (Wildman–Crippen MR) is 48.6 cm³/mol. The molecule has 0 bridgehead atoms. The molecule has 0 amide bonds. The van der Waals surface area contributed by atoms with Crippen molar-refractivity contribution in [3.63, 3.8) is 0 Å². The Bertz CT molecular complexity index is 96.1. The fraction of sp³-hybridized carbons (Fsp3) is 1.00. The van der Waals surface area contributed by atoms with Crippen molar-refractivity contribution in [2.45, 2.75) is 32.7 Å². The van der Waals surface area contributed by atoms with Crippen LogP contribution in [-0.2, 0) is 0 Å². The molecule has 0 aliphatic carbocycles. The van der Waals surface area contributed by atoms with Crippen LogP contribution in [0.4, 0.5) is 0 Å². The van der Waals surface area contributed by atoms with E-state index in [9.17, 15) is 5.11 Å². The predicted octanol–water partition coefficient (Wildman–Crippen LogP) is 1.35. The molecular formula is C9H21NO. The summed E-state index contributed by atoms with van der Waals surface area (Å²) in [6.07, 6.45) is 0.994. The van der Waals surface area contributed by atoms with Gasteiger partial charge in [-0.3, -0.25) is 0 Å². The third-order valence-corrected chi connectivity index (χ3v) is 2.85. The first-order valence-electron chi connectivity index (χ1n) is 4.29. The maximum atomic E-state index is 9.28. The smallest absolute Gasteiger partial charge is 0.0617 e. The number of likely N-dealkylation sites (N-methyl/N-ethyl adjacent to an activating group) is 1. The average molecular weight is 159 g/mol. The van der Waals surface area contributed by atoms with E-state index in [0.717, 1.165) is 6.42 Å². The van der Waals surface area contributed by atoms with Crippen LogP contribution in [0.2, 0.25) is 0 Å². The first kappa shape index (κ1) is 10.9. The summed E-state index contributed by atoms with van der Waals surface area (Å²) in [6, 6.07) is 0. The maximum absolute atomic E-state index is 9.28. The molecule has 1 N–H and O–H groups in total. The lowest BCUT2D eigenvalue weighted by atomic mass is 9.83. The van der Waals surface area contributed by atoms with E-state index in [4.69, 9.17) is 0 Å². The normalized spacial score (nSPS) is 17.5. The van der Waals surface area contributed by atoms with E-state index in [1.54, 1.807) is 0 Å². The second-order valence-corrected chi connectivity index (χ2v) is 3.66. The molecule has 68 valence electrons. The van der Waals surface area contributed by atoms with Crippen LogP contribution in [0.5, 0.6) is 0 Å². The van der Waals surface area contributed by atoms with E-state index < -0.39 is 0 Å². The van der Waals surface area contributed by atoms with Crippen molar-refractivity contribution in [1.29, 1.82) is 0 Å². The van der Waals surface area contributed by atoms with Crippen molar-refractivity contribution < 1.29 is 5.11 Å². The van der Waals surface area contributed by atoms with Gasteiger partial charge in [0.15, 0.2) is 0 Å². The molecule has 0 fully saturated rings. The quantitative estimate of drug-likeness (QED) is 0.669. The number of hydrogen-bond donors (Lipinski definition) is 1. The Kier molecular flexibility index (Phi) is 4.04. The fourth-order valence-electron chi connectivity index (χ4n) is 1.68. The number of hydrogen-bond acceptors (Lipinski definition) is 2. The highest BCUT2D eigenvalue weighted by Crippen LogP contribution is 2.25. The highest BCUT2D eigenvalue weighted by molar-refractivity contribution is 4.88. The van der Waals surface area contributed by atoms with Crippen LogP contribution in [0, 0.1) is 5.92 Å². The van der Waals surface area contributed by atoms with Crippen LogP contribution in [0.25, 0.3) is 0 Å². The van der Waals surface area contributed by atoms with Gasteiger partial charge >= 0.3 is 0 Å². The van der Waals surface area contributed by atoms with Crippen LogP contribution in [0.15, 0.2) is 0 Å². The summed E-state index contributed by atoms with van der Waals surface area (Å²) in [4.78, 5) is 2.12. The molecule has 0 aliphatic heterocycles. The Morgan fingerprint density at radius 3 is 1.82 bits per heavy atom. The van der Waals surface area contributed by atoms with Gasteiger partial charge in [-0.2, -0.15) is 0 Å². The molecule has 1 unspecified atom stereocenters. The van der Waals surface area contributed by atoms with E-state index in [0.29, 0.717) is 5.92 Å². The number of nitrogens with zero attached hydrogens (tertiary/aromatic N) is 1. The molecule has 0 aromatic carbocycles. The molecule has 0 aromatic rings. The minimum absolute atomic E-state index is 0.0278. The third-order valence-electron chi connectivity index (χ3n) is 2.85. The Morgan fingerprint density at radius 1 is 1.36 bits per heavy atom. The number of rotatable bonds is 4. The molecule has 0 radical (unpaired) electrons. The van der Waals surface area contributed by atoms with Crippen molar-refractivity contribution >= 4 is 0 Å². The van der Waals surface area contributed by atoms with E-state index >= 15 is 0 Å². The molecule has 2 heteroatoms. The largest absolute Gasteiger partial charge is 0.394 e. The lowest BCUT2D eigenvalue weighted by Gasteiger charge is -2.41. The standard InChI is InChI=1S/C9H21NO/c1-6-9(7-11,8(2)3)10(4)5/h8,11H,6-7H2,1-5H3. The zero-order chi connectivity index (χ0) is 9.07. The van der Waals surface area contributed by atoms with Gasteiger partial charge in [0.05, 0.1) is 6.61 Å². The van der Waals surface area contributed by atoms with Gasteiger partial charge in [-0.25, -0.2) is 0 Å². The summed E-state index contributed by atoms with van der Waals surface area (Å²) in [6.45, 7) is 6.67. The van der Waals surface area contributed by atoms with Gasteiger partial charge in [0.1, 0.15) is 0 Å². The van der Waals surface area contributed by atoms with E-state index in [1.807, 2.05) is 14.1 Å². The van der Waals surface area contributed by atoms with Gasteiger partial charge in [0, 0.05) is 5.54 Å². The lowest BCUT2D eigenvalue weighted by Crippen LogP contribution is -2.51. The molecule has 0 saturated heterocycles. The highest BCUT2D eigenvalue weighted by Gasteiger charge is 2.33. The van der Waals surface area contributed by atoms with Gasteiger partial charge in [-0.15, -0.1) is 0 Å². The van der Waals surface area contributed by atoms with Crippen LogP contribution < -0.4 is 0 Å². The molecule has 0 rings (SSSR count). The zero-order valence-electron chi connectivity index (χ0n) is 8.39. The molecule has 0 heterocycles. The van der Waals surface area contributed by atoms with Gasteiger partial charge in [-0.1, -0.05) is 20.8 Å². The molecule has 0 saturated carbocycles. The molecule has 1 atom stereocenters. The molecule has 2 nitrogen and oxygen atoms in total. The van der Waals surface area contributed by atoms with Crippen molar-refractivity contribution in [3.8, 4) is 0 Å². The van der Waals surface area contributed by atoms with E-state index in [2.05, 4.69) is 25.7 Å². The van der Waals surface area contributed by atoms with Crippen molar-refractivity contribution in [2.24, 2.45) is 5.92 Å². The Balaban J connectivity index is 4.46. The third kappa shape index (κ3) is 1.94. The zero-order valence-corrected chi connectivity index (χ0v) is 8.39. The molecular weight excluding hydrogens is 138 g/mol. The second kappa shape index (κ2) is 4.07. The summed E-state index contributed by atoms with van der Waals surface area (Å²) >= 11 is 0. The summed E-state index contributed by atoms with van der Waals surface area (Å²) in [7, 11) is 4.06. The van der Waals surface area contributed by atoms with Gasteiger partial charge in [-0.05, 0) is 26.4 Å². The van der Waals surface area contributed by atoms with Crippen molar-refractivity contribution in [3.05, 3.63) is 0 Å². The Labute approximate surface area is 70.2 Å². The van der Waals surface area contributed by atoms with Crippen molar-refractivity contribution in [1.82, 2.24) is 4.90 Å². The van der Waals surface area contributed by atoms with Crippen LogP contribution >= 0.6 is 0 Å². The SMILES string of the molecule is CCC(CO)(C(C)C)N(C)C. The summed E-state index contributed by atoms with van der Waals surface area (Å²) < 4.78 is 0. The van der Waals surface area contributed by atoms with E-state index in [-0.39, 0.29) is 12.1 Å². The minimum Gasteiger partial charge on any atom is -0.394 e. The molecule has 11 heavy (non-hydrogen) atoms. The van der Waals surface area contributed by atoms with Gasteiger partial charge in [0.2, 0.25) is 0 Å². The Morgan fingerprint density at radius 2 is 1.82 bits per heavy atom. The highest BCUT2D eigenvalue weighted by atomic mass is 16.3. The monoisotopic (exact) mass is 159 g/mol. The summed E-state index contributed by atoms with van der Waals surface area (Å²) in [5, 5.41) is 9.28. The van der Waals surface area contributed by atoms with Crippen LogP contribution in [0.1, 0.15) is 27.2 Å². The van der Waals surface area contributed by atoms with Crippen LogP contribution in [0.3, 0.4) is 0 Å². The average Bonchev–Trinajstić information content (AvgIpc) is 1.90. The summed E-state index contributed by atoms with van der Waals surface area (Å²) in [5.41, 5.74) is -0.0278. The summed E-state index contributed by atoms with van der Waals surface area (Å²) in [5.74, 6) is 0.493. The van der Waals surface area contributed by atoms with Crippen molar-refractivity contribution in [2.75, 3.05) is 20.7 Å². The van der Waals surface area contributed by atoms with Gasteiger partial charge < -0.3 is 10.0 Å². The minimum atomic E-state index is -0.0278. The number of aliphatic hydroxyl groups is 1. The number of aliphatic hydroxyl groups excluding tert-OH is 1. The van der Waals surface area contributed by atoms with Crippen LogP contribution in [-0.4, -0.2) is 36.2 Å². The lowest BCUT2D eigenvalue weighted by molar-refractivity contribution is 0.0254. The topological polar surface area (TPSA) is 23.5 Å². The maximum Gasteiger partial charge on any atom is 0.0617 e. The second-order valence-electron chi connectivity index (χ2n) is 3.66. The van der Waals surface area contributed by atoms with Gasteiger partial charge in [0.25, 0.3) is 0 Å². The first-order chi connectivity index (χ1) is 5.01.